The van der Waals surface area contributed by atoms with Crippen molar-refractivity contribution in [2.45, 2.75) is 47.0 Å². The number of benzene rings is 1. The van der Waals surface area contributed by atoms with Crippen molar-refractivity contribution in [3.63, 3.8) is 0 Å². The summed E-state index contributed by atoms with van der Waals surface area (Å²) in [7, 11) is 0. The van der Waals surface area contributed by atoms with Crippen molar-refractivity contribution in [1.82, 2.24) is 4.98 Å². The molecule has 4 heteroatoms. The monoisotopic (exact) mass is 478 g/mol. The number of hydrogen-bond acceptors (Lipinski definition) is 3. The molecule has 1 aliphatic heterocycles. The lowest BCUT2D eigenvalue weighted by Crippen LogP contribution is -1.88. The summed E-state index contributed by atoms with van der Waals surface area (Å²) in [6.07, 6.45) is 12.5. The van der Waals surface area contributed by atoms with E-state index < -0.39 is 0 Å². The Kier molecular flexibility index (Phi) is 6.40. The van der Waals surface area contributed by atoms with Gasteiger partial charge in [-0.2, -0.15) is 0 Å². The molecule has 0 saturated heterocycles. The molecule has 3 heterocycles. The fourth-order valence-electron chi connectivity index (χ4n) is 5.20. The van der Waals surface area contributed by atoms with Crippen LogP contribution in [0, 0.1) is 6.92 Å². The van der Waals surface area contributed by atoms with E-state index in [9.17, 15) is 4.79 Å². The topological polar surface area (TPSA) is 45.2 Å². The van der Waals surface area contributed by atoms with Gasteiger partial charge < -0.3 is 4.98 Å². The van der Waals surface area contributed by atoms with E-state index in [1.807, 2.05) is 18.3 Å². The molecule has 0 fully saturated rings. The normalized spacial score (nSPS) is 18.5. The highest BCUT2D eigenvalue weighted by molar-refractivity contribution is 7.14. The van der Waals surface area contributed by atoms with Gasteiger partial charge in [0.15, 0.2) is 6.29 Å². The summed E-state index contributed by atoms with van der Waals surface area (Å²) in [6.45, 7) is 8.76. The maximum absolute atomic E-state index is 11.1. The number of thiophene rings is 1. The lowest BCUT2D eigenvalue weighted by atomic mass is 10.0. The Hall–Kier alpha value is -3.50. The number of aldehydes is 1. The SMILES string of the molecule is CCC1=C(C)C=N/C1=C\c1[nH]c(/C=C2\C/C(=C\c3ccc(C=O)s3)c3ccccc32)c(C)c1CC. The predicted octanol–water partition coefficient (Wildman–Crippen LogP) is 8.40. The average Bonchev–Trinajstić information content (AvgIpc) is 3.62. The van der Waals surface area contributed by atoms with Gasteiger partial charge in [-0.1, -0.05) is 38.1 Å². The predicted molar refractivity (Wildman–Crippen MR) is 151 cm³/mol. The second-order valence-corrected chi connectivity index (χ2v) is 10.3. The van der Waals surface area contributed by atoms with Crippen molar-refractivity contribution in [1.29, 1.82) is 0 Å². The summed E-state index contributed by atoms with van der Waals surface area (Å²) in [5.74, 6) is 0. The van der Waals surface area contributed by atoms with Gasteiger partial charge >= 0.3 is 0 Å². The van der Waals surface area contributed by atoms with E-state index in [0.717, 1.165) is 46.7 Å². The molecule has 0 atom stereocenters. The molecule has 1 aliphatic carbocycles. The number of carbonyl (C=O) groups is 1. The van der Waals surface area contributed by atoms with Crippen molar-refractivity contribution >= 4 is 53.2 Å². The zero-order chi connectivity index (χ0) is 24.5. The smallest absolute Gasteiger partial charge is 0.160 e. The largest absolute Gasteiger partial charge is 0.355 e. The quantitative estimate of drug-likeness (QED) is 0.355. The number of fused-ring (bicyclic) bond motifs is 1. The van der Waals surface area contributed by atoms with Gasteiger partial charge in [0.25, 0.3) is 0 Å². The molecule has 0 unspecified atom stereocenters. The molecule has 2 aromatic heterocycles. The summed E-state index contributed by atoms with van der Waals surface area (Å²) in [5.41, 5.74) is 13.8. The van der Waals surface area contributed by atoms with E-state index in [0.29, 0.717) is 0 Å². The molecule has 0 radical (unpaired) electrons. The molecule has 0 saturated carbocycles. The van der Waals surface area contributed by atoms with E-state index in [4.69, 9.17) is 0 Å². The molecule has 3 nitrogen and oxygen atoms in total. The van der Waals surface area contributed by atoms with Crippen molar-refractivity contribution in [3.8, 4) is 0 Å². The Bertz CT molecular complexity index is 1470. The third-order valence-electron chi connectivity index (χ3n) is 7.02. The first-order valence-electron chi connectivity index (χ1n) is 12.3. The maximum Gasteiger partial charge on any atom is 0.160 e. The lowest BCUT2D eigenvalue weighted by Gasteiger charge is -2.03. The van der Waals surface area contributed by atoms with Gasteiger partial charge in [0.1, 0.15) is 0 Å². The van der Waals surface area contributed by atoms with E-state index in [1.54, 1.807) is 0 Å². The fourth-order valence-corrected chi connectivity index (χ4v) is 5.99. The summed E-state index contributed by atoms with van der Waals surface area (Å²) in [4.78, 5) is 21.4. The molecule has 0 amide bonds. The van der Waals surface area contributed by atoms with Crippen LogP contribution in [-0.4, -0.2) is 17.5 Å². The number of nitrogens with one attached hydrogen (secondary N) is 1. The van der Waals surface area contributed by atoms with Crippen LogP contribution in [-0.2, 0) is 6.42 Å². The van der Waals surface area contributed by atoms with Crippen molar-refractivity contribution in [2.24, 2.45) is 4.99 Å². The van der Waals surface area contributed by atoms with E-state index in [1.165, 1.54) is 61.6 Å². The number of aromatic amines is 1. The number of rotatable bonds is 6. The molecule has 176 valence electrons. The van der Waals surface area contributed by atoms with Crippen LogP contribution in [0.1, 0.15) is 81.8 Å². The van der Waals surface area contributed by atoms with Crippen LogP contribution >= 0.6 is 11.3 Å². The summed E-state index contributed by atoms with van der Waals surface area (Å²) in [5, 5.41) is 0. The van der Waals surface area contributed by atoms with Gasteiger partial charge in [-0.3, -0.25) is 9.79 Å². The number of nitrogens with zero attached hydrogens (tertiary/aromatic N) is 1. The molecule has 1 aromatic carbocycles. The van der Waals surface area contributed by atoms with Gasteiger partial charge in [-0.25, -0.2) is 0 Å². The Balaban J connectivity index is 1.55. The second-order valence-electron chi connectivity index (χ2n) is 9.13. The first-order valence-corrected chi connectivity index (χ1v) is 13.1. The minimum absolute atomic E-state index is 0.762. The summed E-state index contributed by atoms with van der Waals surface area (Å²) >= 11 is 1.54. The molecule has 2 aliphatic rings. The second kappa shape index (κ2) is 9.63. The third kappa shape index (κ3) is 4.35. The summed E-state index contributed by atoms with van der Waals surface area (Å²) in [6, 6.07) is 12.5. The van der Waals surface area contributed by atoms with Gasteiger partial charge in [-0.05, 0) is 108 Å². The van der Waals surface area contributed by atoms with Crippen molar-refractivity contribution < 1.29 is 4.79 Å². The maximum atomic E-state index is 11.1. The highest BCUT2D eigenvalue weighted by atomic mass is 32.1. The van der Waals surface area contributed by atoms with Crippen molar-refractivity contribution in [3.05, 3.63) is 96.6 Å². The molecule has 3 aromatic rings. The Morgan fingerprint density at radius 3 is 2.29 bits per heavy atom. The summed E-state index contributed by atoms with van der Waals surface area (Å²) < 4.78 is 0. The molecule has 1 N–H and O–H groups in total. The highest BCUT2D eigenvalue weighted by Gasteiger charge is 2.22. The zero-order valence-electron chi connectivity index (χ0n) is 20.7. The van der Waals surface area contributed by atoms with Crippen LogP contribution < -0.4 is 0 Å². The number of allylic oxidation sites excluding steroid dienone is 4. The molecule has 5 rings (SSSR count). The van der Waals surface area contributed by atoms with Gasteiger partial charge in [-0.15, -0.1) is 11.3 Å². The van der Waals surface area contributed by atoms with Crippen LogP contribution in [0.25, 0.3) is 29.4 Å². The molecular weight excluding hydrogens is 448 g/mol. The lowest BCUT2D eigenvalue weighted by molar-refractivity contribution is 0.112. The molecule has 0 spiro atoms. The Labute approximate surface area is 211 Å². The van der Waals surface area contributed by atoms with Gasteiger partial charge in [0, 0.05) is 22.5 Å². The fraction of sp³-hybridized carbons (Fsp3) is 0.226. The molecule has 35 heavy (non-hydrogen) atoms. The van der Waals surface area contributed by atoms with E-state index >= 15 is 0 Å². The number of carbonyl (C=O) groups excluding carboxylic acids is 1. The standard InChI is InChI=1S/C31H30N2OS/c1-5-25-19(3)17-32-30(25)16-31-26(6-2)20(4)29(33-31)15-22-13-21(27-9-7-8-10-28(22)27)14-23-11-12-24(18-34)35-23/h7-12,14-18,33H,5-6,13H2,1-4H3/b21-14+,22-15+,30-16-. The minimum Gasteiger partial charge on any atom is -0.355 e. The van der Waals surface area contributed by atoms with Crippen LogP contribution in [0.3, 0.4) is 0 Å². The Morgan fingerprint density at radius 2 is 1.63 bits per heavy atom. The number of aromatic nitrogens is 1. The van der Waals surface area contributed by atoms with Gasteiger partial charge in [0.05, 0.1) is 10.6 Å². The van der Waals surface area contributed by atoms with E-state index in [2.05, 4.69) is 80.2 Å². The number of H-pyrrole nitrogens is 1. The van der Waals surface area contributed by atoms with Crippen LogP contribution in [0.15, 0.2) is 58.2 Å². The Morgan fingerprint density at radius 1 is 0.914 bits per heavy atom. The number of aliphatic imine (C=N–C) groups is 1. The van der Waals surface area contributed by atoms with E-state index in [-0.39, 0.29) is 0 Å². The van der Waals surface area contributed by atoms with Crippen LogP contribution in [0.2, 0.25) is 0 Å². The van der Waals surface area contributed by atoms with Crippen LogP contribution in [0.5, 0.6) is 0 Å². The highest BCUT2D eigenvalue weighted by Crippen LogP contribution is 2.43. The first kappa shape index (κ1) is 23.3. The molecular formula is C31H30N2OS. The van der Waals surface area contributed by atoms with Gasteiger partial charge in [0.2, 0.25) is 0 Å². The third-order valence-corrected chi connectivity index (χ3v) is 7.98. The molecule has 0 bridgehead atoms. The first-order chi connectivity index (χ1) is 17.0. The zero-order valence-corrected chi connectivity index (χ0v) is 21.6. The van der Waals surface area contributed by atoms with Crippen molar-refractivity contribution in [2.75, 3.05) is 0 Å². The average molecular weight is 479 g/mol. The number of hydrogen-bond donors (Lipinski definition) is 1. The van der Waals surface area contributed by atoms with Crippen LogP contribution in [0.4, 0.5) is 0 Å². The minimum atomic E-state index is 0.762.